The first-order chi connectivity index (χ1) is 11.9. The molecule has 25 heavy (non-hydrogen) atoms. The van der Waals surface area contributed by atoms with E-state index in [1.54, 1.807) is 17.0 Å². The van der Waals surface area contributed by atoms with Gasteiger partial charge in [0, 0.05) is 35.3 Å². The Morgan fingerprint density at radius 3 is 2.24 bits per heavy atom. The van der Waals surface area contributed by atoms with E-state index in [1.807, 2.05) is 12.1 Å². The maximum Gasteiger partial charge on any atom is 0.253 e. The van der Waals surface area contributed by atoms with E-state index >= 15 is 0 Å². The zero-order valence-electron chi connectivity index (χ0n) is 13.2. The predicted molar refractivity (Wildman–Crippen MR) is 100 cm³/mol. The van der Waals surface area contributed by atoms with E-state index in [9.17, 15) is 17.6 Å². The van der Waals surface area contributed by atoms with Gasteiger partial charge in [-0.15, -0.1) is 0 Å². The van der Waals surface area contributed by atoms with E-state index in [4.69, 9.17) is 0 Å². The Labute approximate surface area is 159 Å². The molecule has 0 unspecified atom stereocenters. The Kier molecular flexibility index (Phi) is 5.40. The smallest absolute Gasteiger partial charge is 0.253 e. The number of nitrogens with zero attached hydrogens (tertiary/aromatic N) is 2. The zero-order chi connectivity index (χ0) is 18.0. The Balaban J connectivity index is 1.69. The third kappa shape index (κ3) is 4.01. The summed E-state index contributed by atoms with van der Waals surface area (Å²) >= 11 is 2.17. The molecule has 2 aromatic carbocycles. The molecule has 1 amide bonds. The summed E-state index contributed by atoms with van der Waals surface area (Å²) in [5, 5.41) is 0. The first-order valence-electron chi connectivity index (χ1n) is 7.68. The van der Waals surface area contributed by atoms with Crippen LogP contribution >= 0.6 is 22.6 Å². The number of halogens is 2. The largest absolute Gasteiger partial charge is 0.336 e. The normalized spacial score (nSPS) is 16.0. The van der Waals surface area contributed by atoms with E-state index in [2.05, 4.69) is 22.6 Å². The molecule has 0 bridgehead atoms. The van der Waals surface area contributed by atoms with Gasteiger partial charge in [-0.2, -0.15) is 4.31 Å². The van der Waals surface area contributed by atoms with Crippen LogP contribution in [0.2, 0.25) is 0 Å². The third-order valence-electron chi connectivity index (χ3n) is 4.05. The molecule has 2 aromatic rings. The molecule has 0 spiro atoms. The number of carbonyl (C=O) groups is 1. The molecule has 1 aliphatic heterocycles. The highest BCUT2D eigenvalue weighted by Gasteiger charge is 2.30. The molecule has 1 saturated heterocycles. The predicted octanol–water partition coefficient (Wildman–Crippen LogP) is 2.58. The minimum absolute atomic E-state index is 0.0649. The number of rotatable bonds is 3. The van der Waals surface area contributed by atoms with Crippen molar-refractivity contribution in [3.63, 3.8) is 0 Å². The highest BCUT2D eigenvalue weighted by molar-refractivity contribution is 14.1. The lowest BCUT2D eigenvalue weighted by molar-refractivity contribution is 0.0698. The van der Waals surface area contributed by atoms with Gasteiger partial charge in [-0.25, -0.2) is 12.8 Å². The van der Waals surface area contributed by atoms with Gasteiger partial charge in [-0.3, -0.25) is 4.79 Å². The number of hydrogen-bond acceptors (Lipinski definition) is 3. The van der Waals surface area contributed by atoms with Crippen molar-refractivity contribution in [3.8, 4) is 0 Å². The Morgan fingerprint density at radius 1 is 1.00 bits per heavy atom. The van der Waals surface area contributed by atoms with Crippen molar-refractivity contribution in [1.82, 2.24) is 9.21 Å². The maximum atomic E-state index is 13.3. The second-order valence-electron chi connectivity index (χ2n) is 5.66. The molecule has 0 radical (unpaired) electrons. The zero-order valence-corrected chi connectivity index (χ0v) is 16.2. The molecular weight excluding hydrogens is 458 g/mol. The van der Waals surface area contributed by atoms with Gasteiger partial charge in [0.25, 0.3) is 5.91 Å². The van der Waals surface area contributed by atoms with Gasteiger partial charge in [-0.05, 0) is 65.1 Å². The summed E-state index contributed by atoms with van der Waals surface area (Å²) in [4.78, 5) is 14.1. The van der Waals surface area contributed by atoms with Crippen LogP contribution in [0.5, 0.6) is 0 Å². The average molecular weight is 474 g/mol. The van der Waals surface area contributed by atoms with Crippen LogP contribution in [-0.2, 0) is 10.0 Å². The number of benzene rings is 2. The molecule has 132 valence electrons. The summed E-state index contributed by atoms with van der Waals surface area (Å²) in [5.74, 6) is -0.701. The minimum atomic E-state index is -3.75. The topological polar surface area (TPSA) is 57.7 Å². The maximum absolute atomic E-state index is 13.3. The standard InChI is InChI=1S/C17H16FIN2O3S/c18-14-2-1-3-16(12-14)25(23,24)21-10-8-20(9-11-21)17(22)13-4-6-15(19)7-5-13/h1-7,12H,8-11H2. The van der Waals surface area contributed by atoms with Gasteiger partial charge in [0.05, 0.1) is 4.90 Å². The summed E-state index contributed by atoms with van der Waals surface area (Å²) in [6.45, 7) is 0.989. The van der Waals surface area contributed by atoms with Crippen molar-refractivity contribution in [2.24, 2.45) is 0 Å². The van der Waals surface area contributed by atoms with E-state index in [0.29, 0.717) is 18.7 Å². The Bertz CT molecular complexity index is 879. The molecule has 0 atom stereocenters. The van der Waals surface area contributed by atoms with Crippen LogP contribution in [0.4, 0.5) is 4.39 Å². The number of carbonyl (C=O) groups excluding carboxylic acids is 1. The fourth-order valence-corrected chi connectivity index (χ4v) is 4.50. The Morgan fingerprint density at radius 2 is 1.64 bits per heavy atom. The minimum Gasteiger partial charge on any atom is -0.336 e. The molecule has 1 heterocycles. The van der Waals surface area contributed by atoms with Crippen LogP contribution in [-0.4, -0.2) is 49.7 Å². The fourth-order valence-electron chi connectivity index (χ4n) is 2.68. The second-order valence-corrected chi connectivity index (χ2v) is 8.84. The number of amides is 1. The number of hydrogen-bond donors (Lipinski definition) is 0. The third-order valence-corrected chi connectivity index (χ3v) is 6.66. The molecule has 1 fully saturated rings. The van der Waals surface area contributed by atoms with E-state index in [1.165, 1.54) is 22.5 Å². The highest BCUT2D eigenvalue weighted by atomic mass is 127. The van der Waals surface area contributed by atoms with Crippen LogP contribution in [0.25, 0.3) is 0 Å². The molecule has 0 N–H and O–H groups in total. The van der Waals surface area contributed by atoms with Crippen LogP contribution in [0.15, 0.2) is 53.4 Å². The lowest BCUT2D eigenvalue weighted by atomic mass is 10.2. The van der Waals surface area contributed by atoms with Gasteiger partial charge < -0.3 is 4.90 Å². The molecule has 0 saturated carbocycles. The van der Waals surface area contributed by atoms with Crippen molar-refractivity contribution >= 4 is 38.5 Å². The lowest BCUT2D eigenvalue weighted by Gasteiger charge is -2.34. The van der Waals surface area contributed by atoms with Crippen molar-refractivity contribution in [1.29, 1.82) is 0 Å². The summed E-state index contributed by atoms with van der Waals surface area (Å²) in [5.41, 5.74) is 0.585. The average Bonchev–Trinajstić information content (AvgIpc) is 2.62. The van der Waals surface area contributed by atoms with Crippen molar-refractivity contribution in [2.45, 2.75) is 4.90 Å². The summed E-state index contributed by atoms with van der Waals surface area (Å²) in [7, 11) is -3.75. The molecule has 0 aromatic heterocycles. The van der Waals surface area contributed by atoms with Gasteiger partial charge in [0.1, 0.15) is 5.82 Å². The van der Waals surface area contributed by atoms with E-state index in [0.717, 1.165) is 9.64 Å². The van der Waals surface area contributed by atoms with E-state index in [-0.39, 0.29) is 23.9 Å². The van der Waals surface area contributed by atoms with Crippen molar-refractivity contribution in [2.75, 3.05) is 26.2 Å². The number of sulfonamides is 1. The summed E-state index contributed by atoms with van der Waals surface area (Å²) < 4.78 is 40.8. The van der Waals surface area contributed by atoms with Crippen molar-refractivity contribution in [3.05, 3.63) is 63.5 Å². The molecular formula is C17H16FIN2O3S. The van der Waals surface area contributed by atoms with E-state index < -0.39 is 15.8 Å². The quantitative estimate of drug-likeness (QED) is 0.643. The first kappa shape index (κ1) is 18.3. The SMILES string of the molecule is O=C(c1ccc(I)cc1)N1CCN(S(=O)(=O)c2cccc(F)c2)CC1. The molecule has 5 nitrogen and oxygen atoms in total. The molecule has 1 aliphatic rings. The lowest BCUT2D eigenvalue weighted by Crippen LogP contribution is -2.50. The number of piperazine rings is 1. The van der Waals surface area contributed by atoms with Gasteiger partial charge >= 0.3 is 0 Å². The van der Waals surface area contributed by atoms with Gasteiger partial charge in [-0.1, -0.05) is 6.07 Å². The van der Waals surface area contributed by atoms with Crippen LogP contribution in [0, 0.1) is 9.39 Å². The second kappa shape index (κ2) is 7.38. The van der Waals surface area contributed by atoms with Crippen LogP contribution in [0.1, 0.15) is 10.4 Å². The fraction of sp³-hybridized carbons (Fsp3) is 0.235. The first-order valence-corrected chi connectivity index (χ1v) is 10.2. The molecule has 8 heteroatoms. The molecule has 3 rings (SSSR count). The summed E-state index contributed by atoms with van der Waals surface area (Å²) in [6.07, 6.45) is 0. The monoisotopic (exact) mass is 474 g/mol. The van der Waals surface area contributed by atoms with Crippen LogP contribution in [0.3, 0.4) is 0 Å². The Hall–Kier alpha value is -1.52. The van der Waals surface area contributed by atoms with Gasteiger partial charge in [0.2, 0.25) is 10.0 Å². The summed E-state index contributed by atoms with van der Waals surface area (Å²) in [6, 6.07) is 12.2. The van der Waals surface area contributed by atoms with Gasteiger partial charge in [0.15, 0.2) is 0 Å². The molecule has 0 aliphatic carbocycles. The van der Waals surface area contributed by atoms with Crippen LogP contribution < -0.4 is 0 Å². The van der Waals surface area contributed by atoms with Crippen molar-refractivity contribution < 1.29 is 17.6 Å². The highest BCUT2D eigenvalue weighted by Crippen LogP contribution is 2.19.